The molecule has 1 aliphatic rings. The van der Waals surface area contributed by atoms with Crippen LogP contribution in [-0.4, -0.2) is 32.7 Å². The molecule has 0 bridgehead atoms. The van der Waals surface area contributed by atoms with Crippen molar-refractivity contribution in [3.63, 3.8) is 0 Å². The zero-order valence-electron chi connectivity index (χ0n) is 11.6. The van der Waals surface area contributed by atoms with Crippen LogP contribution < -0.4 is 10.0 Å². The Morgan fingerprint density at radius 2 is 2.00 bits per heavy atom. The van der Waals surface area contributed by atoms with Gasteiger partial charge in [0.1, 0.15) is 5.82 Å². The van der Waals surface area contributed by atoms with Gasteiger partial charge in [-0.25, -0.2) is 17.5 Å². The van der Waals surface area contributed by atoms with Crippen molar-refractivity contribution in [2.75, 3.05) is 12.3 Å². The molecule has 0 aliphatic heterocycles. The molecule has 1 aliphatic carbocycles. The molecule has 7 heteroatoms. The first-order valence-electron chi connectivity index (χ1n) is 7.00. The number of carbonyl (C=O) groups is 1. The van der Waals surface area contributed by atoms with Crippen LogP contribution in [0.3, 0.4) is 0 Å². The van der Waals surface area contributed by atoms with Crippen molar-refractivity contribution in [2.45, 2.75) is 31.7 Å². The average Bonchev–Trinajstić information content (AvgIpc) is 2.90. The largest absolute Gasteiger partial charge is 0.351 e. The van der Waals surface area contributed by atoms with Gasteiger partial charge in [0.05, 0.1) is 5.75 Å². The van der Waals surface area contributed by atoms with Crippen LogP contribution in [0.5, 0.6) is 0 Å². The fourth-order valence-corrected chi connectivity index (χ4v) is 3.62. The molecule has 2 N–H and O–H groups in total. The third-order valence-electron chi connectivity index (χ3n) is 3.44. The maximum absolute atomic E-state index is 13.0. The topological polar surface area (TPSA) is 75.3 Å². The van der Waals surface area contributed by atoms with Crippen molar-refractivity contribution in [3.05, 3.63) is 35.6 Å². The van der Waals surface area contributed by atoms with Gasteiger partial charge in [0.25, 0.3) is 5.91 Å². The van der Waals surface area contributed by atoms with Crippen LogP contribution in [0, 0.1) is 5.82 Å². The Bertz CT molecular complexity index is 598. The van der Waals surface area contributed by atoms with E-state index >= 15 is 0 Å². The van der Waals surface area contributed by atoms with Crippen LogP contribution in [0.4, 0.5) is 4.39 Å². The van der Waals surface area contributed by atoms with Gasteiger partial charge in [0.15, 0.2) is 0 Å². The summed E-state index contributed by atoms with van der Waals surface area (Å²) in [5.74, 6) is -1.16. The molecule has 1 saturated carbocycles. The summed E-state index contributed by atoms with van der Waals surface area (Å²) in [6, 6.07) is 5.29. The van der Waals surface area contributed by atoms with Crippen molar-refractivity contribution in [3.8, 4) is 0 Å². The van der Waals surface area contributed by atoms with Gasteiger partial charge in [-0.05, 0) is 31.0 Å². The SMILES string of the molecule is O=C(NCCS(=O)(=O)NC1CCCC1)c1cccc(F)c1. The summed E-state index contributed by atoms with van der Waals surface area (Å²) in [7, 11) is -3.39. The molecule has 1 aromatic rings. The maximum atomic E-state index is 13.0. The van der Waals surface area contributed by atoms with Gasteiger partial charge in [-0.2, -0.15) is 0 Å². The molecule has 1 aromatic carbocycles. The lowest BCUT2D eigenvalue weighted by atomic mass is 10.2. The van der Waals surface area contributed by atoms with E-state index in [0.29, 0.717) is 0 Å². The van der Waals surface area contributed by atoms with E-state index in [-0.39, 0.29) is 23.9 Å². The monoisotopic (exact) mass is 314 g/mol. The standard InChI is InChI=1S/C14H19FN2O3S/c15-12-5-3-4-11(10-12)14(18)16-8-9-21(19,20)17-13-6-1-2-7-13/h3-5,10,13,17H,1-2,6-9H2,(H,16,18). The van der Waals surface area contributed by atoms with E-state index in [0.717, 1.165) is 31.7 Å². The minimum atomic E-state index is -3.39. The van der Waals surface area contributed by atoms with Crippen molar-refractivity contribution in [1.82, 2.24) is 10.0 Å². The molecule has 116 valence electrons. The molecule has 1 amide bonds. The second kappa shape index (κ2) is 7.00. The number of amides is 1. The second-order valence-corrected chi connectivity index (χ2v) is 7.06. The normalized spacial score (nSPS) is 16.0. The Kier molecular flexibility index (Phi) is 5.30. The summed E-state index contributed by atoms with van der Waals surface area (Å²) in [4.78, 5) is 11.7. The highest BCUT2D eigenvalue weighted by atomic mass is 32.2. The van der Waals surface area contributed by atoms with Crippen LogP contribution in [0.1, 0.15) is 36.0 Å². The number of nitrogens with one attached hydrogen (secondary N) is 2. The summed E-state index contributed by atoms with van der Waals surface area (Å²) >= 11 is 0. The lowest BCUT2D eigenvalue weighted by molar-refractivity contribution is 0.0955. The molecule has 0 unspecified atom stereocenters. The van der Waals surface area contributed by atoms with Gasteiger partial charge in [-0.3, -0.25) is 4.79 Å². The number of carbonyl (C=O) groups excluding carboxylic acids is 1. The molecule has 0 spiro atoms. The molecule has 5 nitrogen and oxygen atoms in total. The van der Waals surface area contributed by atoms with Crippen molar-refractivity contribution < 1.29 is 17.6 Å². The number of rotatable bonds is 6. The van der Waals surface area contributed by atoms with Crippen molar-refractivity contribution >= 4 is 15.9 Å². The second-order valence-electron chi connectivity index (χ2n) is 5.18. The predicted octanol–water partition coefficient (Wildman–Crippen LogP) is 1.42. The highest BCUT2D eigenvalue weighted by Gasteiger charge is 2.21. The van der Waals surface area contributed by atoms with Crippen LogP contribution >= 0.6 is 0 Å². The highest BCUT2D eigenvalue weighted by molar-refractivity contribution is 7.89. The van der Waals surface area contributed by atoms with E-state index in [9.17, 15) is 17.6 Å². The first-order valence-corrected chi connectivity index (χ1v) is 8.65. The molecule has 0 atom stereocenters. The Morgan fingerprint density at radius 1 is 1.29 bits per heavy atom. The van der Waals surface area contributed by atoms with Crippen LogP contribution in [0.2, 0.25) is 0 Å². The molecule has 0 saturated heterocycles. The van der Waals surface area contributed by atoms with Crippen LogP contribution in [-0.2, 0) is 10.0 Å². The third kappa shape index (κ3) is 5.09. The minimum absolute atomic E-state index is 0.00258. The molecule has 21 heavy (non-hydrogen) atoms. The Labute approximate surface area is 124 Å². The van der Waals surface area contributed by atoms with Gasteiger partial charge in [0.2, 0.25) is 10.0 Å². The lowest BCUT2D eigenvalue weighted by Crippen LogP contribution is -2.38. The number of halogens is 1. The summed E-state index contributed by atoms with van der Waals surface area (Å²) in [6.07, 6.45) is 3.83. The number of sulfonamides is 1. The zero-order chi connectivity index (χ0) is 15.3. The zero-order valence-corrected chi connectivity index (χ0v) is 12.5. The van der Waals surface area contributed by atoms with Gasteiger partial charge in [0, 0.05) is 18.2 Å². The number of benzene rings is 1. The van der Waals surface area contributed by atoms with Gasteiger partial charge in [-0.15, -0.1) is 0 Å². The van der Waals surface area contributed by atoms with E-state index in [1.807, 2.05) is 0 Å². The quantitative estimate of drug-likeness (QED) is 0.834. The average molecular weight is 314 g/mol. The highest BCUT2D eigenvalue weighted by Crippen LogP contribution is 2.18. The van der Waals surface area contributed by atoms with Gasteiger partial charge < -0.3 is 5.32 Å². The Hall–Kier alpha value is -1.47. The predicted molar refractivity (Wildman–Crippen MR) is 77.9 cm³/mol. The first-order chi connectivity index (χ1) is 9.96. The fourth-order valence-electron chi connectivity index (χ4n) is 2.39. The molecule has 0 radical (unpaired) electrons. The van der Waals surface area contributed by atoms with Gasteiger partial charge in [-0.1, -0.05) is 18.9 Å². The van der Waals surface area contributed by atoms with E-state index in [1.165, 1.54) is 18.2 Å². The molecular weight excluding hydrogens is 295 g/mol. The number of hydrogen-bond acceptors (Lipinski definition) is 3. The summed E-state index contributed by atoms with van der Waals surface area (Å²) in [5.41, 5.74) is 0.177. The molecule has 2 rings (SSSR count). The van der Waals surface area contributed by atoms with Gasteiger partial charge >= 0.3 is 0 Å². The third-order valence-corrected chi connectivity index (χ3v) is 4.88. The van der Waals surface area contributed by atoms with E-state index in [1.54, 1.807) is 0 Å². The summed E-state index contributed by atoms with van der Waals surface area (Å²) in [6.45, 7) is -0.00258. The van der Waals surface area contributed by atoms with E-state index < -0.39 is 21.7 Å². The minimum Gasteiger partial charge on any atom is -0.351 e. The van der Waals surface area contributed by atoms with E-state index in [4.69, 9.17) is 0 Å². The fraction of sp³-hybridized carbons (Fsp3) is 0.500. The Morgan fingerprint density at radius 3 is 2.67 bits per heavy atom. The Balaban J connectivity index is 1.79. The molecular formula is C14H19FN2O3S. The maximum Gasteiger partial charge on any atom is 0.251 e. The lowest BCUT2D eigenvalue weighted by Gasteiger charge is -2.12. The van der Waals surface area contributed by atoms with Crippen molar-refractivity contribution in [1.29, 1.82) is 0 Å². The molecule has 0 aromatic heterocycles. The summed E-state index contributed by atoms with van der Waals surface area (Å²) < 4.78 is 39.3. The number of hydrogen-bond donors (Lipinski definition) is 2. The van der Waals surface area contributed by atoms with Crippen LogP contribution in [0.25, 0.3) is 0 Å². The van der Waals surface area contributed by atoms with Crippen LogP contribution in [0.15, 0.2) is 24.3 Å². The van der Waals surface area contributed by atoms with E-state index in [2.05, 4.69) is 10.0 Å². The summed E-state index contributed by atoms with van der Waals surface area (Å²) in [5, 5.41) is 2.48. The van der Waals surface area contributed by atoms with Crippen molar-refractivity contribution in [2.24, 2.45) is 0 Å². The smallest absolute Gasteiger partial charge is 0.251 e. The molecule has 1 fully saturated rings. The molecule has 0 heterocycles. The first kappa shape index (κ1) is 15.9.